The number of aliphatic carboxylic acids is 1. The molecule has 0 spiro atoms. The largest absolute Gasteiger partial charge is 0.486 e. The molecule has 0 bridgehead atoms. The SMILES string of the molecule is O=C(O)CN=Cc1ccc2c(Nc3cccc(-c4ccc5c(c4)OCCO5)c3Br)noc2c1. The van der Waals surface area contributed by atoms with Crippen molar-refractivity contribution >= 4 is 50.6 Å². The lowest BCUT2D eigenvalue weighted by Crippen LogP contribution is -2.15. The number of carboxylic acids is 1. The molecule has 0 saturated heterocycles. The molecule has 0 radical (unpaired) electrons. The van der Waals surface area contributed by atoms with Gasteiger partial charge >= 0.3 is 5.97 Å². The number of carbonyl (C=O) groups is 1. The number of fused-ring (bicyclic) bond motifs is 2. The Morgan fingerprint density at radius 1 is 1.12 bits per heavy atom. The highest BCUT2D eigenvalue weighted by atomic mass is 79.9. The predicted octanol–water partition coefficient (Wildman–Crippen LogP) is 5.28. The number of benzene rings is 3. The lowest BCUT2D eigenvalue weighted by molar-refractivity contribution is -0.135. The van der Waals surface area contributed by atoms with Gasteiger partial charge in [0, 0.05) is 10.7 Å². The molecular weight excluding hydrogens is 490 g/mol. The molecule has 4 aromatic rings. The standard InChI is InChI=1S/C24H18BrN3O5/c25-23-16(15-5-7-19-21(11-15)32-9-8-31-19)2-1-3-18(23)27-24-17-6-4-14(10-20(17)33-28-24)12-26-13-22(29)30/h1-7,10-12H,8-9,13H2,(H,27,28)(H,29,30). The fourth-order valence-electron chi connectivity index (χ4n) is 3.54. The molecule has 9 heteroatoms. The second-order valence-electron chi connectivity index (χ2n) is 7.30. The van der Waals surface area contributed by atoms with E-state index in [0.29, 0.717) is 24.6 Å². The summed E-state index contributed by atoms with van der Waals surface area (Å²) in [6.07, 6.45) is 1.50. The van der Waals surface area contributed by atoms with Crippen LogP contribution in [0.3, 0.4) is 0 Å². The number of nitrogens with zero attached hydrogens (tertiary/aromatic N) is 2. The van der Waals surface area contributed by atoms with Crippen LogP contribution in [0.15, 0.2) is 68.6 Å². The average Bonchev–Trinajstić information content (AvgIpc) is 3.22. The summed E-state index contributed by atoms with van der Waals surface area (Å²) < 4.78 is 17.7. The number of ether oxygens (including phenoxy) is 2. The van der Waals surface area contributed by atoms with Gasteiger partial charge in [-0.05, 0) is 63.0 Å². The Labute approximate surface area is 197 Å². The topological polar surface area (TPSA) is 106 Å². The first-order chi connectivity index (χ1) is 16.1. The van der Waals surface area contributed by atoms with Gasteiger partial charge in [-0.25, -0.2) is 0 Å². The minimum atomic E-state index is -0.984. The molecule has 1 aliphatic rings. The molecule has 1 aliphatic heterocycles. The predicted molar refractivity (Wildman–Crippen MR) is 128 cm³/mol. The average molecular weight is 508 g/mol. The molecule has 0 saturated carbocycles. The Morgan fingerprint density at radius 3 is 2.82 bits per heavy atom. The Balaban J connectivity index is 1.42. The second kappa shape index (κ2) is 8.95. The third kappa shape index (κ3) is 4.40. The molecule has 2 N–H and O–H groups in total. The molecule has 1 aromatic heterocycles. The number of rotatable bonds is 6. The number of halogens is 1. The van der Waals surface area contributed by atoms with E-state index in [4.69, 9.17) is 19.1 Å². The molecule has 2 heterocycles. The van der Waals surface area contributed by atoms with Crippen molar-refractivity contribution in [3.63, 3.8) is 0 Å². The van der Waals surface area contributed by atoms with Gasteiger partial charge < -0.3 is 24.4 Å². The van der Waals surface area contributed by atoms with Crippen molar-refractivity contribution in [3.05, 3.63) is 64.6 Å². The molecule has 0 unspecified atom stereocenters. The summed E-state index contributed by atoms with van der Waals surface area (Å²) in [5.41, 5.74) is 4.10. The maximum atomic E-state index is 10.6. The summed E-state index contributed by atoms with van der Waals surface area (Å²) in [5, 5.41) is 17.0. The molecule has 0 amide bonds. The van der Waals surface area contributed by atoms with Crippen LogP contribution in [0.25, 0.3) is 22.1 Å². The normalized spacial score (nSPS) is 12.9. The first-order valence-electron chi connectivity index (χ1n) is 10.1. The molecule has 166 valence electrons. The minimum absolute atomic E-state index is 0.283. The van der Waals surface area contributed by atoms with Gasteiger partial charge in [-0.3, -0.25) is 9.79 Å². The van der Waals surface area contributed by atoms with E-state index in [1.165, 1.54) is 6.21 Å². The van der Waals surface area contributed by atoms with E-state index in [9.17, 15) is 4.79 Å². The first-order valence-corrected chi connectivity index (χ1v) is 10.9. The van der Waals surface area contributed by atoms with Gasteiger partial charge in [0.2, 0.25) is 0 Å². The molecule has 3 aromatic carbocycles. The smallest absolute Gasteiger partial charge is 0.325 e. The monoisotopic (exact) mass is 507 g/mol. The molecule has 5 rings (SSSR count). The van der Waals surface area contributed by atoms with Gasteiger partial charge in [0.25, 0.3) is 0 Å². The number of aromatic nitrogens is 1. The number of aliphatic imine (C=N–C) groups is 1. The van der Waals surface area contributed by atoms with E-state index in [1.807, 2.05) is 48.5 Å². The van der Waals surface area contributed by atoms with Crippen LogP contribution < -0.4 is 14.8 Å². The lowest BCUT2D eigenvalue weighted by atomic mass is 10.0. The maximum absolute atomic E-state index is 10.6. The molecule has 33 heavy (non-hydrogen) atoms. The highest BCUT2D eigenvalue weighted by molar-refractivity contribution is 9.10. The van der Waals surface area contributed by atoms with E-state index in [2.05, 4.69) is 31.4 Å². The Kier molecular flexibility index (Phi) is 5.70. The molecule has 8 nitrogen and oxygen atoms in total. The lowest BCUT2D eigenvalue weighted by Gasteiger charge is -2.19. The zero-order valence-corrected chi connectivity index (χ0v) is 18.8. The van der Waals surface area contributed by atoms with Crippen LogP contribution in [-0.4, -0.2) is 42.2 Å². The number of hydrogen-bond donors (Lipinski definition) is 2. The maximum Gasteiger partial charge on any atom is 0.325 e. The van der Waals surface area contributed by atoms with E-state index in [0.717, 1.165) is 43.7 Å². The van der Waals surface area contributed by atoms with E-state index in [-0.39, 0.29) is 6.54 Å². The fourth-order valence-corrected chi connectivity index (χ4v) is 4.14. The number of hydrogen-bond acceptors (Lipinski definition) is 7. The molecule has 0 fully saturated rings. The van der Waals surface area contributed by atoms with Crippen molar-refractivity contribution in [2.75, 3.05) is 25.1 Å². The number of anilines is 2. The van der Waals surface area contributed by atoms with E-state index >= 15 is 0 Å². The Bertz CT molecular complexity index is 1380. The van der Waals surface area contributed by atoms with Crippen LogP contribution in [0.2, 0.25) is 0 Å². The Morgan fingerprint density at radius 2 is 1.97 bits per heavy atom. The summed E-state index contributed by atoms with van der Waals surface area (Å²) in [6, 6.07) is 17.2. The van der Waals surface area contributed by atoms with Crippen LogP contribution in [0.1, 0.15) is 5.56 Å². The zero-order valence-electron chi connectivity index (χ0n) is 17.2. The third-order valence-electron chi connectivity index (χ3n) is 5.07. The summed E-state index contributed by atoms with van der Waals surface area (Å²) in [4.78, 5) is 14.5. The van der Waals surface area contributed by atoms with Crippen LogP contribution in [0.5, 0.6) is 11.5 Å². The van der Waals surface area contributed by atoms with Gasteiger partial charge in [-0.15, -0.1) is 0 Å². The second-order valence-corrected chi connectivity index (χ2v) is 8.09. The summed E-state index contributed by atoms with van der Waals surface area (Å²) in [5.74, 6) is 1.06. The summed E-state index contributed by atoms with van der Waals surface area (Å²) in [7, 11) is 0. The van der Waals surface area contributed by atoms with Gasteiger partial charge in [0.05, 0.1) is 11.1 Å². The molecular formula is C24H18BrN3O5. The quantitative estimate of drug-likeness (QED) is 0.342. The highest BCUT2D eigenvalue weighted by Gasteiger charge is 2.16. The van der Waals surface area contributed by atoms with Crippen molar-refractivity contribution in [1.82, 2.24) is 5.16 Å². The summed E-state index contributed by atoms with van der Waals surface area (Å²) in [6.45, 7) is 0.804. The Hall–Kier alpha value is -3.85. The van der Waals surface area contributed by atoms with Crippen molar-refractivity contribution in [3.8, 4) is 22.6 Å². The number of carboxylic acid groups (broad SMARTS) is 1. The van der Waals surface area contributed by atoms with Crippen LogP contribution in [-0.2, 0) is 4.79 Å². The van der Waals surface area contributed by atoms with Crippen molar-refractivity contribution in [1.29, 1.82) is 0 Å². The zero-order chi connectivity index (χ0) is 22.8. The van der Waals surface area contributed by atoms with E-state index in [1.54, 1.807) is 6.07 Å². The van der Waals surface area contributed by atoms with Gasteiger partial charge in [-0.1, -0.05) is 29.4 Å². The van der Waals surface area contributed by atoms with Crippen LogP contribution in [0, 0.1) is 0 Å². The van der Waals surface area contributed by atoms with Gasteiger partial charge in [-0.2, -0.15) is 0 Å². The van der Waals surface area contributed by atoms with Crippen molar-refractivity contribution < 1.29 is 23.9 Å². The summed E-state index contributed by atoms with van der Waals surface area (Å²) >= 11 is 3.72. The van der Waals surface area contributed by atoms with Crippen molar-refractivity contribution in [2.45, 2.75) is 0 Å². The van der Waals surface area contributed by atoms with Crippen molar-refractivity contribution in [2.24, 2.45) is 4.99 Å². The molecule has 0 atom stereocenters. The van der Waals surface area contributed by atoms with Crippen LogP contribution in [0.4, 0.5) is 11.5 Å². The minimum Gasteiger partial charge on any atom is -0.486 e. The van der Waals surface area contributed by atoms with Gasteiger partial charge in [0.15, 0.2) is 22.9 Å². The highest BCUT2D eigenvalue weighted by Crippen LogP contribution is 2.40. The first kappa shape index (κ1) is 21.0. The van der Waals surface area contributed by atoms with Gasteiger partial charge in [0.1, 0.15) is 19.8 Å². The van der Waals surface area contributed by atoms with E-state index < -0.39 is 5.97 Å². The third-order valence-corrected chi connectivity index (χ3v) is 5.92. The molecule has 0 aliphatic carbocycles. The number of nitrogens with one attached hydrogen (secondary N) is 1. The van der Waals surface area contributed by atoms with Crippen LogP contribution >= 0.6 is 15.9 Å². The fraction of sp³-hybridized carbons (Fsp3) is 0.125.